The van der Waals surface area contributed by atoms with E-state index in [2.05, 4.69) is 13.2 Å². The molecule has 0 heterocycles. The second-order valence-corrected chi connectivity index (χ2v) is 4.54. The van der Waals surface area contributed by atoms with Crippen molar-refractivity contribution in [3.8, 4) is 22.6 Å². The van der Waals surface area contributed by atoms with Gasteiger partial charge in [-0.15, -0.1) is 0 Å². The van der Waals surface area contributed by atoms with Gasteiger partial charge in [0, 0.05) is 6.08 Å². The van der Waals surface area contributed by atoms with Crippen LogP contribution in [0.25, 0.3) is 11.1 Å². The van der Waals surface area contributed by atoms with Crippen LogP contribution in [0.15, 0.2) is 67.8 Å². The summed E-state index contributed by atoms with van der Waals surface area (Å²) < 4.78 is 23.9. The number of ether oxygens (including phenoxy) is 2. The molecule has 0 spiro atoms. The van der Waals surface area contributed by atoms with Crippen molar-refractivity contribution in [2.45, 2.75) is 6.29 Å². The van der Waals surface area contributed by atoms with Crippen molar-refractivity contribution < 1.29 is 23.8 Å². The first-order chi connectivity index (χ1) is 11.0. The van der Waals surface area contributed by atoms with Crippen LogP contribution in [-0.4, -0.2) is 17.4 Å². The van der Waals surface area contributed by atoms with Crippen molar-refractivity contribution in [2.24, 2.45) is 0 Å². The van der Waals surface area contributed by atoms with Crippen molar-refractivity contribution >= 4 is 5.97 Å². The van der Waals surface area contributed by atoms with Crippen LogP contribution in [-0.2, 0) is 4.79 Å². The van der Waals surface area contributed by atoms with Gasteiger partial charge in [-0.05, 0) is 41.5 Å². The molecule has 118 valence electrons. The Balaban J connectivity index is 2.18. The van der Waals surface area contributed by atoms with E-state index in [1.165, 1.54) is 12.1 Å². The summed E-state index contributed by atoms with van der Waals surface area (Å²) in [7, 11) is 0. The highest BCUT2D eigenvalue weighted by Gasteiger charge is 2.09. The van der Waals surface area contributed by atoms with Gasteiger partial charge in [-0.2, -0.15) is 0 Å². The summed E-state index contributed by atoms with van der Waals surface area (Å²) in [4.78, 5) is 11.1. The van der Waals surface area contributed by atoms with Gasteiger partial charge in [-0.25, -0.2) is 9.18 Å². The van der Waals surface area contributed by atoms with Crippen LogP contribution < -0.4 is 9.47 Å². The summed E-state index contributed by atoms with van der Waals surface area (Å²) in [6.45, 7) is 6.66. The van der Waals surface area contributed by atoms with E-state index in [1.54, 1.807) is 30.3 Å². The molecule has 0 aliphatic heterocycles. The van der Waals surface area contributed by atoms with Crippen LogP contribution in [0.3, 0.4) is 0 Å². The maximum absolute atomic E-state index is 14.0. The zero-order valence-corrected chi connectivity index (χ0v) is 12.2. The van der Waals surface area contributed by atoms with E-state index < -0.39 is 18.1 Å². The van der Waals surface area contributed by atoms with Crippen LogP contribution in [0.4, 0.5) is 4.39 Å². The molecule has 4 nitrogen and oxygen atoms in total. The average molecular weight is 314 g/mol. The number of carbonyl (C=O) groups excluding carboxylic acids is 1. The number of carbonyl (C=O) groups is 1. The summed E-state index contributed by atoms with van der Waals surface area (Å²) in [6, 6.07) is 10.9. The van der Waals surface area contributed by atoms with Crippen LogP contribution >= 0.6 is 0 Å². The van der Waals surface area contributed by atoms with Gasteiger partial charge >= 0.3 is 5.97 Å². The fraction of sp³-hybridized carbons (Fsp3) is 0.0556. The second kappa shape index (κ2) is 7.38. The lowest BCUT2D eigenvalue weighted by Gasteiger charge is -2.11. The first kappa shape index (κ1) is 16.5. The van der Waals surface area contributed by atoms with Gasteiger partial charge in [0.1, 0.15) is 5.75 Å². The van der Waals surface area contributed by atoms with Crippen molar-refractivity contribution in [2.75, 3.05) is 0 Å². The Bertz CT molecular complexity index is 722. The monoisotopic (exact) mass is 314 g/mol. The Kier molecular flexibility index (Phi) is 5.28. The van der Waals surface area contributed by atoms with Crippen molar-refractivity contribution in [3.63, 3.8) is 0 Å². The Morgan fingerprint density at radius 2 is 1.78 bits per heavy atom. The Labute approximate surface area is 133 Å². The third kappa shape index (κ3) is 4.28. The van der Waals surface area contributed by atoms with Gasteiger partial charge in [0.05, 0.1) is 0 Å². The van der Waals surface area contributed by atoms with E-state index in [0.29, 0.717) is 11.3 Å². The molecule has 0 aliphatic carbocycles. The van der Waals surface area contributed by atoms with E-state index in [4.69, 9.17) is 9.47 Å². The van der Waals surface area contributed by atoms with Crippen LogP contribution in [0.2, 0.25) is 0 Å². The molecule has 0 aliphatic rings. The average Bonchev–Trinajstić information content (AvgIpc) is 2.57. The molecule has 0 saturated carbocycles. The third-order valence-corrected chi connectivity index (χ3v) is 2.95. The third-order valence-electron chi connectivity index (χ3n) is 2.95. The van der Waals surface area contributed by atoms with Gasteiger partial charge in [0.2, 0.25) is 6.29 Å². The molecular weight excluding hydrogens is 299 g/mol. The van der Waals surface area contributed by atoms with E-state index in [-0.39, 0.29) is 5.75 Å². The Morgan fingerprint density at radius 3 is 2.35 bits per heavy atom. The smallest absolute Gasteiger partial charge is 0.335 e. The molecule has 2 aromatic rings. The Morgan fingerprint density at radius 1 is 1.13 bits per heavy atom. The zero-order valence-electron chi connectivity index (χ0n) is 12.2. The minimum atomic E-state index is -1.27. The second-order valence-electron chi connectivity index (χ2n) is 4.54. The zero-order chi connectivity index (χ0) is 16.8. The number of halogens is 1. The lowest BCUT2D eigenvalue weighted by atomic mass is 10.1. The molecule has 23 heavy (non-hydrogen) atoms. The minimum Gasteiger partial charge on any atom is -0.458 e. The van der Waals surface area contributed by atoms with Gasteiger partial charge in [-0.3, -0.25) is 0 Å². The first-order valence-electron chi connectivity index (χ1n) is 6.75. The SMILES string of the molecule is C=CC(=O)Oc1ccc(-c2ccc(OC(O)C=C)c(F)c2)cc1. The summed E-state index contributed by atoms with van der Waals surface area (Å²) in [5.41, 5.74) is 1.35. The largest absolute Gasteiger partial charge is 0.458 e. The van der Waals surface area contributed by atoms with Crippen molar-refractivity contribution in [1.29, 1.82) is 0 Å². The highest BCUT2D eigenvalue weighted by atomic mass is 19.1. The molecular formula is C18H15FO4. The lowest BCUT2D eigenvalue weighted by molar-refractivity contribution is -0.128. The van der Waals surface area contributed by atoms with Crippen LogP contribution in [0.5, 0.6) is 11.5 Å². The first-order valence-corrected chi connectivity index (χ1v) is 6.75. The summed E-state index contributed by atoms with van der Waals surface area (Å²) in [5, 5.41) is 9.29. The molecule has 0 amide bonds. The molecule has 1 N–H and O–H groups in total. The molecule has 1 unspecified atom stereocenters. The van der Waals surface area contributed by atoms with Crippen molar-refractivity contribution in [3.05, 3.63) is 73.6 Å². The van der Waals surface area contributed by atoms with E-state index in [1.807, 2.05) is 0 Å². The summed E-state index contributed by atoms with van der Waals surface area (Å²) in [6.07, 6.45) is 0.949. The standard InChI is InChI=1S/C18H15FO4/c1-3-17(20)22-14-8-5-12(6-9-14)13-7-10-16(15(19)11-13)23-18(21)4-2/h3-11,18,21H,1-2H2. The molecule has 1 atom stereocenters. The Hall–Kier alpha value is -2.92. The topological polar surface area (TPSA) is 55.8 Å². The summed E-state index contributed by atoms with van der Waals surface area (Å²) >= 11 is 0. The molecule has 2 aromatic carbocycles. The maximum atomic E-state index is 14.0. The molecule has 0 fully saturated rings. The number of hydrogen-bond acceptors (Lipinski definition) is 4. The fourth-order valence-corrected chi connectivity index (χ4v) is 1.83. The van der Waals surface area contributed by atoms with Gasteiger partial charge < -0.3 is 14.6 Å². The molecule has 0 saturated heterocycles. The fourth-order valence-electron chi connectivity index (χ4n) is 1.83. The highest BCUT2D eigenvalue weighted by molar-refractivity contribution is 5.83. The van der Waals surface area contributed by atoms with Gasteiger partial charge in [0.25, 0.3) is 0 Å². The predicted octanol–water partition coefficient (Wildman–Crippen LogP) is 3.47. The van der Waals surface area contributed by atoms with E-state index in [9.17, 15) is 14.3 Å². The number of esters is 1. The van der Waals surface area contributed by atoms with Crippen molar-refractivity contribution in [1.82, 2.24) is 0 Å². The maximum Gasteiger partial charge on any atom is 0.335 e. The highest BCUT2D eigenvalue weighted by Crippen LogP contribution is 2.27. The van der Waals surface area contributed by atoms with Gasteiger partial charge in [-0.1, -0.05) is 31.4 Å². The van der Waals surface area contributed by atoms with Crippen LogP contribution in [0, 0.1) is 5.82 Å². The number of rotatable bonds is 6. The quantitative estimate of drug-likeness (QED) is 0.292. The van der Waals surface area contributed by atoms with Crippen LogP contribution in [0.1, 0.15) is 0 Å². The number of benzene rings is 2. The molecule has 0 radical (unpaired) electrons. The lowest BCUT2D eigenvalue weighted by Crippen LogP contribution is -2.12. The molecule has 5 heteroatoms. The number of hydrogen-bond donors (Lipinski definition) is 1. The predicted molar refractivity (Wildman–Crippen MR) is 84.5 cm³/mol. The molecule has 2 rings (SSSR count). The summed E-state index contributed by atoms with van der Waals surface area (Å²) in [5.74, 6) is -0.859. The van der Waals surface area contributed by atoms with E-state index >= 15 is 0 Å². The molecule has 0 aromatic heterocycles. The minimum absolute atomic E-state index is 0.0716. The number of aliphatic hydroxyl groups is 1. The van der Waals surface area contributed by atoms with Gasteiger partial charge in [0.15, 0.2) is 11.6 Å². The normalized spacial score (nSPS) is 11.4. The number of aliphatic hydroxyl groups excluding tert-OH is 1. The molecule has 0 bridgehead atoms. The van der Waals surface area contributed by atoms with E-state index in [0.717, 1.165) is 17.7 Å².